The predicted molar refractivity (Wildman–Crippen MR) is 120 cm³/mol. The van der Waals surface area contributed by atoms with Gasteiger partial charge in [0.05, 0.1) is 6.61 Å². The number of aliphatic imine (C=N–C) groups is 1. The van der Waals surface area contributed by atoms with Crippen molar-refractivity contribution in [2.45, 2.75) is 32.1 Å². The van der Waals surface area contributed by atoms with Crippen molar-refractivity contribution in [3.8, 4) is 5.75 Å². The molecule has 7 N–H and O–H groups in total. The van der Waals surface area contributed by atoms with E-state index in [4.69, 9.17) is 27.3 Å². The second-order valence-corrected chi connectivity index (χ2v) is 7.54. The Bertz CT molecular complexity index is 620. The highest BCUT2D eigenvalue weighted by Gasteiger charge is 2.15. The van der Waals surface area contributed by atoms with Crippen molar-refractivity contribution in [1.82, 2.24) is 9.80 Å². The second-order valence-electron chi connectivity index (χ2n) is 7.54. The maximum atomic E-state index is 7.40. The third-order valence-electron chi connectivity index (χ3n) is 5.19. The lowest BCUT2D eigenvalue weighted by atomic mass is 10.2. The fourth-order valence-corrected chi connectivity index (χ4v) is 3.45. The molecule has 8 heteroatoms. The van der Waals surface area contributed by atoms with Crippen molar-refractivity contribution in [3.63, 3.8) is 0 Å². The monoisotopic (exact) mass is 403 g/mol. The van der Waals surface area contributed by atoms with E-state index in [-0.39, 0.29) is 11.8 Å². The minimum absolute atomic E-state index is 0.0820. The zero-order chi connectivity index (χ0) is 20.9. The van der Waals surface area contributed by atoms with E-state index in [1.54, 1.807) is 0 Å². The summed E-state index contributed by atoms with van der Waals surface area (Å²) in [6.07, 6.45) is 5.76. The summed E-state index contributed by atoms with van der Waals surface area (Å²) in [5, 5.41) is 7.40. The van der Waals surface area contributed by atoms with Crippen molar-refractivity contribution >= 4 is 11.8 Å². The number of hydrogen-bond acceptors (Lipinski definition) is 5. The van der Waals surface area contributed by atoms with E-state index >= 15 is 0 Å². The molecule has 1 fully saturated rings. The quantitative estimate of drug-likeness (QED) is 0.222. The number of benzene rings is 1. The van der Waals surface area contributed by atoms with Crippen LogP contribution in [0.15, 0.2) is 29.3 Å². The number of nitrogens with zero attached hydrogens (tertiary/aromatic N) is 3. The van der Waals surface area contributed by atoms with Crippen LogP contribution in [-0.4, -0.2) is 74.0 Å². The van der Waals surface area contributed by atoms with Crippen molar-refractivity contribution < 1.29 is 4.74 Å². The predicted octanol–water partition coefficient (Wildman–Crippen LogP) is 1.19. The van der Waals surface area contributed by atoms with E-state index < -0.39 is 0 Å². The van der Waals surface area contributed by atoms with Gasteiger partial charge in [0.15, 0.2) is 5.96 Å². The first-order valence-corrected chi connectivity index (χ1v) is 10.6. The zero-order valence-electron chi connectivity index (χ0n) is 17.5. The summed E-state index contributed by atoms with van der Waals surface area (Å²) in [5.74, 6) is 1.11. The highest BCUT2D eigenvalue weighted by atomic mass is 16.5. The van der Waals surface area contributed by atoms with Crippen LogP contribution in [0.3, 0.4) is 0 Å². The van der Waals surface area contributed by atoms with Gasteiger partial charge in [-0.1, -0.05) is 12.8 Å². The molecule has 29 heavy (non-hydrogen) atoms. The Hall–Kier alpha value is -2.32. The van der Waals surface area contributed by atoms with E-state index in [1.807, 2.05) is 24.3 Å². The Kier molecular flexibility index (Phi) is 10.3. The molecule has 0 aromatic heterocycles. The minimum atomic E-state index is 0.0820. The number of piperazine rings is 1. The first-order valence-electron chi connectivity index (χ1n) is 10.6. The van der Waals surface area contributed by atoms with Gasteiger partial charge in [-0.3, -0.25) is 10.4 Å². The summed E-state index contributed by atoms with van der Waals surface area (Å²) >= 11 is 0. The molecule has 1 aromatic rings. The number of nitrogens with two attached hydrogens (primary N) is 3. The number of rotatable bonds is 13. The molecule has 0 unspecified atom stereocenters. The van der Waals surface area contributed by atoms with Crippen LogP contribution in [0, 0.1) is 5.41 Å². The highest BCUT2D eigenvalue weighted by Crippen LogP contribution is 2.12. The van der Waals surface area contributed by atoms with Crippen molar-refractivity contribution in [2.75, 3.05) is 52.4 Å². The summed E-state index contributed by atoms with van der Waals surface area (Å²) in [7, 11) is 0. The SMILES string of the molecule is N=C(N)c1ccc(OCCCN2CCN(CCCCCCN=C(N)N)CC2)cc1. The Morgan fingerprint density at radius 3 is 2.03 bits per heavy atom. The van der Waals surface area contributed by atoms with Gasteiger partial charge in [-0.25, -0.2) is 0 Å². The van der Waals surface area contributed by atoms with E-state index in [0.717, 1.165) is 63.4 Å². The number of nitrogens with one attached hydrogen (secondary N) is 1. The number of guanidine groups is 1. The number of nitrogen functional groups attached to an aromatic ring is 1. The third-order valence-corrected chi connectivity index (χ3v) is 5.19. The molecule has 0 amide bonds. The van der Waals surface area contributed by atoms with Crippen molar-refractivity contribution in [3.05, 3.63) is 29.8 Å². The molecule has 2 rings (SSSR count). The topological polar surface area (TPSA) is 130 Å². The van der Waals surface area contributed by atoms with Crippen LogP contribution >= 0.6 is 0 Å². The first-order chi connectivity index (χ1) is 14.0. The van der Waals surface area contributed by atoms with Crippen LogP contribution in [0.25, 0.3) is 0 Å². The Morgan fingerprint density at radius 1 is 0.862 bits per heavy atom. The van der Waals surface area contributed by atoms with Gasteiger partial charge >= 0.3 is 0 Å². The van der Waals surface area contributed by atoms with Crippen LogP contribution in [0.1, 0.15) is 37.7 Å². The van der Waals surface area contributed by atoms with E-state index in [9.17, 15) is 0 Å². The lowest BCUT2D eigenvalue weighted by Crippen LogP contribution is -2.46. The lowest BCUT2D eigenvalue weighted by Gasteiger charge is -2.34. The van der Waals surface area contributed by atoms with Gasteiger partial charge in [0.25, 0.3) is 0 Å². The van der Waals surface area contributed by atoms with Gasteiger partial charge < -0.3 is 31.7 Å². The van der Waals surface area contributed by atoms with Crippen LogP contribution in [-0.2, 0) is 0 Å². The molecular weight excluding hydrogens is 366 g/mol. The molecule has 1 aliphatic heterocycles. The minimum Gasteiger partial charge on any atom is -0.494 e. The smallest absolute Gasteiger partial charge is 0.185 e. The summed E-state index contributed by atoms with van der Waals surface area (Å²) in [6.45, 7) is 8.30. The van der Waals surface area contributed by atoms with Gasteiger partial charge in [0.2, 0.25) is 0 Å². The van der Waals surface area contributed by atoms with Gasteiger partial charge in [0.1, 0.15) is 11.6 Å². The normalized spacial score (nSPS) is 15.2. The van der Waals surface area contributed by atoms with Crippen molar-refractivity contribution in [2.24, 2.45) is 22.2 Å². The van der Waals surface area contributed by atoms with E-state index in [2.05, 4.69) is 14.8 Å². The van der Waals surface area contributed by atoms with Crippen LogP contribution in [0.4, 0.5) is 0 Å². The molecule has 1 aromatic carbocycles. The lowest BCUT2D eigenvalue weighted by molar-refractivity contribution is 0.124. The number of unbranched alkanes of at least 4 members (excludes halogenated alkanes) is 3. The summed E-state index contributed by atoms with van der Waals surface area (Å²) in [5.41, 5.74) is 16.8. The molecule has 1 heterocycles. The maximum absolute atomic E-state index is 7.40. The zero-order valence-corrected chi connectivity index (χ0v) is 17.5. The molecule has 0 bridgehead atoms. The number of amidine groups is 1. The number of ether oxygens (including phenoxy) is 1. The standard InChI is InChI=1S/C21H37N7O/c22-20(23)18-6-8-19(9-7-18)29-17-5-12-28-15-13-27(14-16-28)11-4-2-1-3-10-26-21(24)25/h6-9H,1-5,10-17H2,(H3,22,23)(H4,24,25,26). The molecule has 162 valence electrons. The van der Waals surface area contributed by atoms with Crippen LogP contribution < -0.4 is 21.9 Å². The van der Waals surface area contributed by atoms with Crippen LogP contribution in [0.2, 0.25) is 0 Å². The molecule has 0 atom stereocenters. The van der Waals surface area contributed by atoms with Crippen molar-refractivity contribution in [1.29, 1.82) is 5.41 Å². The molecular formula is C21H37N7O. The average molecular weight is 404 g/mol. The first kappa shape index (κ1) is 23.0. The van der Waals surface area contributed by atoms with Gasteiger partial charge in [-0.2, -0.15) is 0 Å². The summed E-state index contributed by atoms with van der Waals surface area (Å²) < 4.78 is 5.79. The summed E-state index contributed by atoms with van der Waals surface area (Å²) in [4.78, 5) is 9.10. The Morgan fingerprint density at radius 2 is 1.45 bits per heavy atom. The molecule has 0 saturated carbocycles. The molecule has 0 spiro atoms. The third kappa shape index (κ3) is 9.62. The molecule has 0 radical (unpaired) electrons. The summed E-state index contributed by atoms with van der Waals surface area (Å²) in [6, 6.07) is 7.38. The van der Waals surface area contributed by atoms with E-state index in [0.29, 0.717) is 6.61 Å². The molecule has 1 aliphatic rings. The second kappa shape index (κ2) is 13.0. The maximum Gasteiger partial charge on any atom is 0.185 e. The van der Waals surface area contributed by atoms with Crippen LogP contribution in [0.5, 0.6) is 5.75 Å². The number of hydrogen-bond donors (Lipinski definition) is 4. The molecule has 1 saturated heterocycles. The molecule has 0 aliphatic carbocycles. The Balaban J connectivity index is 1.47. The fraction of sp³-hybridized carbons (Fsp3) is 0.619. The highest BCUT2D eigenvalue weighted by molar-refractivity contribution is 5.94. The largest absolute Gasteiger partial charge is 0.494 e. The Labute approximate surface area is 174 Å². The molecule has 8 nitrogen and oxygen atoms in total. The van der Waals surface area contributed by atoms with Gasteiger partial charge in [-0.15, -0.1) is 0 Å². The van der Waals surface area contributed by atoms with E-state index in [1.165, 1.54) is 25.8 Å². The van der Waals surface area contributed by atoms with Gasteiger partial charge in [0, 0.05) is 44.8 Å². The van der Waals surface area contributed by atoms with Gasteiger partial charge in [-0.05, 0) is 50.1 Å². The fourth-order valence-electron chi connectivity index (χ4n) is 3.45. The average Bonchev–Trinajstić information content (AvgIpc) is 2.71.